The number of benzene rings is 2. The summed E-state index contributed by atoms with van der Waals surface area (Å²) in [6.45, 7) is 0.0314. The molecule has 4 aromatic rings. The van der Waals surface area contributed by atoms with Crippen LogP contribution in [0.3, 0.4) is 0 Å². The fourth-order valence-electron chi connectivity index (χ4n) is 8.17. The molecule has 4 heterocycles. The first kappa shape index (κ1) is 45.2. The molecule has 18 heteroatoms. The second-order valence-corrected chi connectivity index (χ2v) is 15.5. The number of amides is 5. The largest absolute Gasteiger partial charge is 0.478 e. The van der Waals surface area contributed by atoms with E-state index in [1.165, 1.54) is 65.6 Å². The first-order valence-corrected chi connectivity index (χ1v) is 20.6. The van der Waals surface area contributed by atoms with Gasteiger partial charge in [-0.05, 0) is 68.4 Å². The van der Waals surface area contributed by atoms with E-state index >= 15 is 0 Å². The molecule has 0 saturated carbocycles. The molecule has 0 aliphatic carbocycles. The molecule has 5 amide bonds. The van der Waals surface area contributed by atoms with Crippen molar-refractivity contribution in [1.29, 1.82) is 0 Å². The minimum absolute atomic E-state index is 0.0103. The van der Waals surface area contributed by atoms with Crippen LogP contribution in [0.5, 0.6) is 0 Å². The number of nitrogens with two attached hydrogens (primary N) is 1. The van der Waals surface area contributed by atoms with Crippen LogP contribution in [0, 0.1) is 0 Å². The first-order valence-electron chi connectivity index (χ1n) is 20.6. The number of aromatic carboxylic acids is 1. The van der Waals surface area contributed by atoms with Crippen LogP contribution < -0.4 is 21.9 Å². The quantitative estimate of drug-likeness (QED) is 0.0710. The Kier molecular flexibility index (Phi) is 14.7. The molecule has 2 aliphatic heterocycles. The van der Waals surface area contributed by atoms with Crippen LogP contribution in [0.1, 0.15) is 70.4 Å². The Hall–Kier alpha value is -7.37. The number of ether oxygens (including phenoxy) is 1. The van der Waals surface area contributed by atoms with Crippen LogP contribution >= 0.6 is 0 Å². The van der Waals surface area contributed by atoms with E-state index < -0.39 is 89.9 Å². The number of allylic oxidation sites excluding steroid dienone is 1. The van der Waals surface area contributed by atoms with Gasteiger partial charge in [0.05, 0.1) is 24.3 Å². The minimum Gasteiger partial charge on any atom is -0.478 e. The molecule has 2 fully saturated rings. The minimum atomic E-state index is -1.34. The number of ketones is 1. The molecule has 2 saturated heterocycles. The Morgan fingerprint density at radius 3 is 2.30 bits per heavy atom. The Balaban J connectivity index is 1.16. The van der Waals surface area contributed by atoms with Gasteiger partial charge >= 0.3 is 11.9 Å². The number of methoxy groups -OCH3 is 1. The Morgan fingerprint density at radius 2 is 1.57 bits per heavy atom. The normalized spacial score (nSPS) is 17.0. The summed E-state index contributed by atoms with van der Waals surface area (Å²) in [5.74, 6) is -5.61. The lowest BCUT2D eigenvalue weighted by Gasteiger charge is -2.30. The molecule has 63 heavy (non-hydrogen) atoms. The van der Waals surface area contributed by atoms with Crippen LogP contribution in [0.15, 0.2) is 90.0 Å². The maximum absolute atomic E-state index is 14.1. The Morgan fingerprint density at radius 1 is 0.873 bits per heavy atom. The molecule has 0 radical (unpaired) electrons. The second-order valence-electron chi connectivity index (χ2n) is 15.5. The van der Waals surface area contributed by atoms with E-state index in [1.807, 2.05) is 24.3 Å². The lowest BCUT2D eigenvalue weighted by molar-refractivity contribution is -0.143. The van der Waals surface area contributed by atoms with Gasteiger partial charge < -0.3 is 45.6 Å². The number of esters is 1. The number of carbonyl (C=O) groups is 8. The molecular weight excluding hydrogens is 815 g/mol. The Labute approximate surface area is 361 Å². The molecule has 6 rings (SSSR count). The molecule has 0 bridgehead atoms. The van der Waals surface area contributed by atoms with Gasteiger partial charge in [0.1, 0.15) is 24.7 Å². The third-order valence-corrected chi connectivity index (χ3v) is 11.4. The second kappa shape index (κ2) is 20.5. The average Bonchev–Trinajstić information content (AvgIpc) is 4.06. The maximum Gasteiger partial charge on any atom is 0.336 e. The SMILES string of the molecule is COC(=O)/C=C/CC[C@H](NC(=O)c1ccccc1C(=O)O)C(=O)Cc1cccn(CC(=O)N2CCC[C@H]2C(=O)N[C@@H](Cc2c[nH]c3ccccc23)C(=O)N2CCC[C@H]2C(N)=O)c1=O. The highest BCUT2D eigenvalue weighted by molar-refractivity contribution is 6.06. The van der Waals surface area contributed by atoms with Gasteiger partial charge in [0.15, 0.2) is 5.78 Å². The van der Waals surface area contributed by atoms with Crippen LogP contribution in [0.4, 0.5) is 0 Å². The van der Waals surface area contributed by atoms with E-state index in [-0.39, 0.29) is 42.5 Å². The molecule has 18 nitrogen and oxygen atoms in total. The van der Waals surface area contributed by atoms with E-state index in [9.17, 15) is 48.3 Å². The van der Waals surface area contributed by atoms with Gasteiger partial charge in [0, 0.05) is 60.9 Å². The summed E-state index contributed by atoms with van der Waals surface area (Å²) in [7, 11) is 1.20. The summed E-state index contributed by atoms with van der Waals surface area (Å²) in [5.41, 5.74) is 6.14. The van der Waals surface area contributed by atoms with Gasteiger partial charge in [0.25, 0.3) is 11.5 Å². The number of likely N-dealkylation sites (tertiary alicyclic amines) is 2. The third-order valence-electron chi connectivity index (χ3n) is 11.4. The number of hydrogen-bond donors (Lipinski definition) is 5. The van der Waals surface area contributed by atoms with Gasteiger partial charge in [-0.15, -0.1) is 0 Å². The zero-order valence-corrected chi connectivity index (χ0v) is 34.6. The predicted octanol–water partition coefficient (Wildman–Crippen LogP) is 1.64. The zero-order valence-electron chi connectivity index (χ0n) is 34.6. The fourth-order valence-corrected chi connectivity index (χ4v) is 8.17. The van der Waals surface area contributed by atoms with Gasteiger partial charge in [-0.2, -0.15) is 0 Å². The number of carboxylic acids is 1. The molecule has 6 N–H and O–H groups in total. The van der Waals surface area contributed by atoms with E-state index in [0.717, 1.165) is 27.1 Å². The highest BCUT2D eigenvalue weighted by atomic mass is 16.5. The molecule has 2 aliphatic rings. The van der Waals surface area contributed by atoms with Crippen molar-refractivity contribution in [2.45, 2.75) is 82.1 Å². The molecule has 4 atom stereocenters. The van der Waals surface area contributed by atoms with Crippen LogP contribution in [0.25, 0.3) is 10.9 Å². The number of pyridine rings is 1. The lowest BCUT2D eigenvalue weighted by atomic mass is 9.99. The molecule has 0 spiro atoms. The number of fused-ring (bicyclic) bond motifs is 1. The van der Waals surface area contributed by atoms with Crippen molar-refractivity contribution in [3.8, 4) is 0 Å². The number of carboxylic acid groups (broad SMARTS) is 1. The highest BCUT2D eigenvalue weighted by Gasteiger charge is 2.40. The predicted molar refractivity (Wildman–Crippen MR) is 227 cm³/mol. The molecule has 330 valence electrons. The molecule has 0 unspecified atom stereocenters. The summed E-state index contributed by atoms with van der Waals surface area (Å²) in [6.07, 6.45) is 7.25. The van der Waals surface area contributed by atoms with E-state index in [1.54, 1.807) is 6.20 Å². The van der Waals surface area contributed by atoms with Crippen LogP contribution in [-0.4, -0.2) is 116 Å². The number of nitrogens with zero attached hydrogens (tertiary/aromatic N) is 3. The average molecular weight is 864 g/mol. The fraction of sp³-hybridized carbons (Fsp3) is 0.356. The topological polar surface area (TPSA) is 260 Å². The van der Waals surface area contributed by atoms with Crippen molar-refractivity contribution in [1.82, 2.24) is 30.0 Å². The summed E-state index contributed by atoms with van der Waals surface area (Å²) >= 11 is 0. The maximum atomic E-state index is 14.1. The monoisotopic (exact) mass is 863 g/mol. The van der Waals surface area contributed by atoms with Gasteiger partial charge in [-0.3, -0.25) is 33.6 Å². The van der Waals surface area contributed by atoms with Crippen LogP contribution in [-0.2, 0) is 52.9 Å². The van der Waals surface area contributed by atoms with Crippen molar-refractivity contribution in [2.24, 2.45) is 5.73 Å². The Bertz CT molecular complexity index is 2510. The summed E-state index contributed by atoms with van der Waals surface area (Å²) < 4.78 is 5.71. The summed E-state index contributed by atoms with van der Waals surface area (Å²) in [6, 6.07) is 11.8. The lowest BCUT2D eigenvalue weighted by Crippen LogP contribution is -2.56. The smallest absolute Gasteiger partial charge is 0.336 e. The first-order chi connectivity index (χ1) is 30.3. The molecular formula is C45H49N7O11. The van der Waals surface area contributed by atoms with Gasteiger partial charge in [-0.25, -0.2) is 9.59 Å². The van der Waals surface area contributed by atoms with Crippen molar-refractivity contribution in [3.63, 3.8) is 0 Å². The standard InChI is InChI=1S/C45H49N7O11/c1-63-39(55)19-7-6-16-33(48-41(57)30-13-2-3-14-31(30)45(61)62)37(53)24-27-11-8-20-50(43(27)59)26-38(54)51-21-10-18-36(51)42(58)49-34(44(60)52-22-9-17-35(52)40(46)56)23-28-25-47-32-15-5-4-12-29(28)32/h2-5,7-8,11-15,19-20,25,33-36,47H,6,9-10,16-18,21-24,26H2,1H3,(H2,46,56)(H,48,57)(H,49,58)(H,61,62)/b19-7+/t33-,34-,35-,36-/m0/s1. The van der Waals surface area contributed by atoms with Gasteiger partial charge in [0.2, 0.25) is 23.6 Å². The number of hydrogen-bond acceptors (Lipinski definition) is 10. The van der Waals surface area contributed by atoms with Crippen molar-refractivity contribution >= 4 is 58.2 Å². The number of nitrogens with one attached hydrogen (secondary N) is 3. The van der Waals surface area contributed by atoms with Crippen molar-refractivity contribution in [3.05, 3.63) is 118 Å². The van der Waals surface area contributed by atoms with E-state index in [2.05, 4.69) is 20.4 Å². The third kappa shape index (κ3) is 10.8. The van der Waals surface area contributed by atoms with Crippen molar-refractivity contribution < 1.29 is 48.2 Å². The number of H-pyrrole nitrogens is 1. The number of aromatic nitrogens is 2. The van der Waals surface area contributed by atoms with Crippen LogP contribution in [0.2, 0.25) is 0 Å². The van der Waals surface area contributed by atoms with Crippen molar-refractivity contribution in [2.75, 3.05) is 20.2 Å². The summed E-state index contributed by atoms with van der Waals surface area (Å²) in [4.78, 5) is 124. The number of carbonyl (C=O) groups excluding carboxylic acids is 7. The number of Topliss-reactive ketones (excluding diaryl/α,β-unsaturated/α-hetero) is 1. The van der Waals surface area contributed by atoms with E-state index in [0.29, 0.717) is 32.2 Å². The molecule has 2 aromatic heterocycles. The number of rotatable bonds is 18. The van der Waals surface area contributed by atoms with Gasteiger partial charge in [-0.1, -0.05) is 42.5 Å². The highest BCUT2D eigenvalue weighted by Crippen LogP contribution is 2.24. The number of aromatic amines is 1. The number of primary amides is 1. The van der Waals surface area contributed by atoms with E-state index in [4.69, 9.17) is 5.73 Å². The number of para-hydroxylation sites is 1. The molecule has 2 aromatic carbocycles. The summed E-state index contributed by atoms with van der Waals surface area (Å²) in [5, 5.41) is 15.9. The zero-order chi connectivity index (χ0) is 45.2.